The predicted molar refractivity (Wildman–Crippen MR) is 145 cm³/mol. The lowest BCUT2D eigenvalue weighted by Crippen LogP contribution is -2.56. The third-order valence-corrected chi connectivity index (χ3v) is 8.72. The van der Waals surface area contributed by atoms with Gasteiger partial charge in [0.15, 0.2) is 0 Å². The second-order valence-electron chi connectivity index (χ2n) is 11.3. The SMILES string of the molecule is Cc1ccc(NC(=O)C2[C@H]3C=CC4(O3)C(C(=O)NC3CCCCC3)N(CCCOC(C)C)C(=O)[C@@H]24)cc1Cl. The zero-order valence-electron chi connectivity index (χ0n) is 22.4. The van der Waals surface area contributed by atoms with Crippen molar-refractivity contribution in [2.45, 2.75) is 89.2 Å². The predicted octanol–water partition coefficient (Wildman–Crippen LogP) is 4.00. The van der Waals surface area contributed by atoms with Gasteiger partial charge in [0, 0.05) is 29.9 Å². The van der Waals surface area contributed by atoms with E-state index in [0.29, 0.717) is 30.3 Å². The van der Waals surface area contributed by atoms with Gasteiger partial charge in [0.1, 0.15) is 11.6 Å². The van der Waals surface area contributed by atoms with Crippen molar-refractivity contribution in [3.05, 3.63) is 40.9 Å². The van der Waals surface area contributed by atoms with Crippen LogP contribution in [0.5, 0.6) is 0 Å². The summed E-state index contributed by atoms with van der Waals surface area (Å²) in [6.07, 6.45) is 9.02. The molecule has 206 valence electrons. The number of rotatable bonds is 9. The van der Waals surface area contributed by atoms with Gasteiger partial charge in [0.2, 0.25) is 17.7 Å². The van der Waals surface area contributed by atoms with E-state index in [1.807, 2.05) is 39.0 Å². The number of likely N-dealkylation sites (tertiary alicyclic amines) is 1. The van der Waals surface area contributed by atoms with Gasteiger partial charge in [-0.3, -0.25) is 14.4 Å². The Kier molecular flexibility index (Phi) is 7.85. The first-order chi connectivity index (χ1) is 18.2. The van der Waals surface area contributed by atoms with Crippen LogP contribution in [0, 0.1) is 18.8 Å². The highest BCUT2D eigenvalue weighted by molar-refractivity contribution is 6.31. The van der Waals surface area contributed by atoms with Gasteiger partial charge in [-0.05, 0) is 57.7 Å². The minimum atomic E-state index is -1.16. The molecule has 3 unspecified atom stereocenters. The van der Waals surface area contributed by atoms with E-state index >= 15 is 0 Å². The highest BCUT2D eigenvalue weighted by Gasteiger charge is 2.72. The molecule has 2 bridgehead atoms. The Morgan fingerprint density at radius 1 is 1.21 bits per heavy atom. The maximum atomic E-state index is 14.0. The summed E-state index contributed by atoms with van der Waals surface area (Å²) in [5, 5.41) is 6.69. The summed E-state index contributed by atoms with van der Waals surface area (Å²) in [6, 6.07) is 4.60. The van der Waals surface area contributed by atoms with Crippen LogP contribution in [-0.2, 0) is 23.9 Å². The molecule has 1 aromatic carbocycles. The smallest absolute Gasteiger partial charge is 0.246 e. The van der Waals surface area contributed by atoms with E-state index in [0.717, 1.165) is 31.2 Å². The number of anilines is 1. The van der Waals surface area contributed by atoms with Gasteiger partial charge >= 0.3 is 0 Å². The van der Waals surface area contributed by atoms with E-state index < -0.39 is 29.6 Å². The summed E-state index contributed by atoms with van der Waals surface area (Å²) in [6.45, 7) is 6.66. The molecule has 5 rings (SSSR count). The first-order valence-electron chi connectivity index (χ1n) is 13.9. The van der Waals surface area contributed by atoms with Crippen molar-refractivity contribution >= 4 is 35.0 Å². The summed E-state index contributed by atoms with van der Waals surface area (Å²) in [7, 11) is 0. The van der Waals surface area contributed by atoms with E-state index in [4.69, 9.17) is 21.1 Å². The molecule has 3 amide bonds. The van der Waals surface area contributed by atoms with Crippen LogP contribution in [0.15, 0.2) is 30.4 Å². The zero-order chi connectivity index (χ0) is 27.0. The van der Waals surface area contributed by atoms with Crippen molar-refractivity contribution in [2.24, 2.45) is 11.8 Å². The molecule has 5 atom stereocenters. The first kappa shape index (κ1) is 27.2. The maximum Gasteiger partial charge on any atom is 0.246 e. The van der Waals surface area contributed by atoms with Crippen molar-refractivity contribution in [1.29, 1.82) is 0 Å². The highest BCUT2D eigenvalue weighted by atomic mass is 35.5. The molecule has 2 saturated heterocycles. The molecule has 38 heavy (non-hydrogen) atoms. The normalized spacial score (nSPS) is 30.2. The van der Waals surface area contributed by atoms with Crippen LogP contribution < -0.4 is 10.6 Å². The topological polar surface area (TPSA) is 97.0 Å². The van der Waals surface area contributed by atoms with Crippen molar-refractivity contribution in [3.63, 3.8) is 0 Å². The zero-order valence-corrected chi connectivity index (χ0v) is 23.1. The molecule has 2 N–H and O–H groups in total. The quantitative estimate of drug-likeness (QED) is 0.362. The van der Waals surface area contributed by atoms with Gasteiger partial charge in [0.25, 0.3) is 0 Å². The maximum absolute atomic E-state index is 14.0. The summed E-state index contributed by atoms with van der Waals surface area (Å²) < 4.78 is 12.1. The monoisotopic (exact) mass is 543 g/mol. The molecular weight excluding hydrogens is 506 g/mol. The standard InChI is InChI=1S/C29H38ClN3O5/c1-17(2)37-15-7-14-33-25(27(35)31-19-8-5-4-6-9-19)29-13-12-22(38-29)23(24(29)28(33)36)26(34)32-20-11-10-18(3)21(30)16-20/h10-13,16-17,19,22-25H,4-9,14-15H2,1-3H3,(H,31,35)(H,32,34)/t22-,23?,24-,25?,29?/m1/s1. The van der Waals surface area contributed by atoms with Crippen molar-refractivity contribution in [2.75, 3.05) is 18.5 Å². The second-order valence-corrected chi connectivity index (χ2v) is 11.7. The molecule has 3 heterocycles. The Balaban J connectivity index is 1.39. The lowest BCUT2D eigenvalue weighted by molar-refractivity contribution is -0.141. The lowest BCUT2D eigenvalue weighted by Gasteiger charge is -2.34. The number of carbonyl (C=O) groups excluding carboxylic acids is 3. The van der Waals surface area contributed by atoms with Crippen LogP contribution in [0.1, 0.15) is 57.9 Å². The third-order valence-electron chi connectivity index (χ3n) is 8.31. The Morgan fingerprint density at radius 2 is 1.97 bits per heavy atom. The van der Waals surface area contributed by atoms with E-state index in [2.05, 4.69) is 10.6 Å². The highest BCUT2D eigenvalue weighted by Crippen LogP contribution is 2.55. The number of amides is 3. The van der Waals surface area contributed by atoms with E-state index in [9.17, 15) is 14.4 Å². The molecular formula is C29H38ClN3O5. The molecule has 4 aliphatic rings. The van der Waals surface area contributed by atoms with E-state index in [-0.39, 0.29) is 29.9 Å². The number of aryl methyl sites for hydroxylation is 1. The molecule has 8 nitrogen and oxygen atoms in total. The van der Waals surface area contributed by atoms with Crippen molar-refractivity contribution in [3.8, 4) is 0 Å². The molecule has 1 saturated carbocycles. The molecule has 1 aromatic rings. The summed E-state index contributed by atoms with van der Waals surface area (Å²) in [5.74, 6) is -2.24. The van der Waals surface area contributed by atoms with Gasteiger partial charge in [-0.25, -0.2) is 0 Å². The fourth-order valence-electron chi connectivity index (χ4n) is 6.49. The number of hydrogen-bond donors (Lipinski definition) is 2. The van der Waals surface area contributed by atoms with Gasteiger partial charge in [0.05, 0.1) is 24.0 Å². The van der Waals surface area contributed by atoms with Crippen molar-refractivity contribution < 1.29 is 23.9 Å². The number of fused-ring (bicyclic) bond motifs is 1. The van der Waals surface area contributed by atoms with Gasteiger partial charge in [-0.1, -0.05) is 49.1 Å². The number of benzene rings is 1. The summed E-state index contributed by atoms with van der Waals surface area (Å²) in [4.78, 5) is 43.0. The van der Waals surface area contributed by atoms with E-state index in [1.54, 1.807) is 17.0 Å². The van der Waals surface area contributed by atoms with Crippen molar-refractivity contribution in [1.82, 2.24) is 10.2 Å². The minimum absolute atomic E-state index is 0.0814. The Morgan fingerprint density at radius 3 is 2.68 bits per heavy atom. The van der Waals surface area contributed by atoms with Crippen LogP contribution in [0.4, 0.5) is 5.69 Å². The number of nitrogens with zero attached hydrogens (tertiary/aromatic N) is 1. The van der Waals surface area contributed by atoms with Gasteiger partial charge < -0.3 is 25.0 Å². The molecule has 0 radical (unpaired) electrons. The summed E-state index contributed by atoms with van der Waals surface area (Å²) in [5.41, 5.74) is 0.308. The fourth-order valence-corrected chi connectivity index (χ4v) is 6.67. The van der Waals surface area contributed by atoms with Gasteiger partial charge in [-0.15, -0.1) is 0 Å². The Labute approximate surface area is 229 Å². The minimum Gasteiger partial charge on any atom is -0.379 e. The van der Waals surface area contributed by atoms with Crippen LogP contribution >= 0.6 is 11.6 Å². The molecule has 1 aliphatic carbocycles. The second kappa shape index (κ2) is 11.0. The van der Waals surface area contributed by atoms with Crippen LogP contribution in [0.2, 0.25) is 5.02 Å². The average molecular weight is 544 g/mol. The molecule has 1 spiro atoms. The fraction of sp³-hybridized carbons (Fsp3) is 0.621. The number of ether oxygens (including phenoxy) is 2. The summed E-state index contributed by atoms with van der Waals surface area (Å²) >= 11 is 6.26. The number of nitrogens with one attached hydrogen (secondary N) is 2. The third kappa shape index (κ3) is 4.98. The van der Waals surface area contributed by atoms with Crippen LogP contribution in [-0.4, -0.2) is 65.7 Å². The lowest BCUT2D eigenvalue weighted by atomic mass is 9.74. The van der Waals surface area contributed by atoms with Crippen LogP contribution in [0.25, 0.3) is 0 Å². The molecule has 3 aliphatic heterocycles. The number of halogens is 1. The van der Waals surface area contributed by atoms with E-state index in [1.165, 1.54) is 6.42 Å². The Hall–Kier alpha value is -2.42. The Bertz CT molecular complexity index is 1120. The molecule has 3 fully saturated rings. The van der Waals surface area contributed by atoms with Crippen LogP contribution in [0.3, 0.4) is 0 Å². The molecule has 9 heteroatoms. The number of hydrogen-bond acceptors (Lipinski definition) is 5. The van der Waals surface area contributed by atoms with Gasteiger partial charge in [-0.2, -0.15) is 0 Å². The first-order valence-corrected chi connectivity index (χ1v) is 14.3. The number of carbonyl (C=O) groups is 3. The molecule has 0 aromatic heterocycles. The average Bonchev–Trinajstić information content (AvgIpc) is 3.52. The largest absolute Gasteiger partial charge is 0.379 e.